The number of piperazine rings is 1. The maximum atomic E-state index is 13.7. The van der Waals surface area contributed by atoms with Crippen molar-refractivity contribution in [3.05, 3.63) is 57.3 Å². The molecule has 4 heterocycles. The second-order valence-electron chi connectivity index (χ2n) is 8.62. The molecule has 0 spiro atoms. The molecule has 1 aliphatic heterocycles. The Morgan fingerprint density at radius 1 is 1.29 bits per heavy atom. The summed E-state index contributed by atoms with van der Waals surface area (Å²) < 4.78 is 1.48. The molecule has 1 amide bonds. The summed E-state index contributed by atoms with van der Waals surface area (Å²) in [5.74, 6) is 0.395. The van der Waals surface area contributed by atoms with Gasteiger partial charge in [-0.1, -0.05) is 43.6 Å². The summed E-state index contributed by atoms with van der Waals surface area (Å²) in [6, 6.07) is 3.47. The minimum absolute atomic E-state index is 0.0528. The lowest BCUT2D eigenvalue weighted by Gasteiger charge is -2.40. The number of aromatic nitrogens is 4. The second kappa shape index (κ2) is 10.2. The van der Waals surface area contributed by atoms with E-state index in [1.54, 1.807) is 17.2 Å². The summed E-state index contributed by atoms with van der Waals surface area (Å²) in [6.45, 7) is 11.0. The van der Waals surface area contributed by atoms with Gasteiger partial charge in [0.15, 0.2) is 5.65 Å². The van der Waals surface area contributed by atoms with Gasteiger partial charge < -0.3 is 9.80 Å². The van der Waals surface area contributed by atoms with Gasteiger partial charge >= 0.3 is 5.69 Å². The number of halogens is 2. The molecule has 0 radical (unpaired) electrons. The van der Waals surface area contributed by atoms with Crippen molar-refractivity contribution in [3.63, 3.8) is 0 Å². The van der Waals surface area contributed by atoms with Gasteiger partial charge in [-0.05, 0) is 37.3 Å². The third-order valence-electron chi connectivity index (χ3n) is 6.05. The van der Waals surface area contributed by atoms with E-state index in [4.69, 9.17) is 23.2 Å². The van der Waals surface area contributed by atoms with Crippen LogP contribution in [0.1, 0.15) is 32.4 Å². The molecule has 184 valence electrons. The zero-order valence-corrected chi connectivity index (χ0v) is 22.3. The van der Waals surface area contributed by atoms with Crippen LogP contribution >= 0.6 is 35.0 Å². The molecule has 0 aromatic carbocycles. The zero-order valence-electron chi connectivity index (χ0n) is 20.0. The minimum Gasteiger partial charge on any atom is -0.350 e. The molecule has 0 N–H and O–H groups in total. The predicted octanol–water partition coefficient (Wildman–Crippen LogP) is 4.55. The predicted molar refractivity (Wildman–Crippen MR) is 142 cm³/mol. The summed E-state index contributed by atoms with van der Waals surface area (Å²) in [7, 11) is 0. The smallest absolute Gasteiger partial charge is 0.350 e. The maximum Gasteiger partial charge on any atom is 0.355 e. The fourth-order valence-corrected chi connectivity index (χ4v) is 5.24. The number of amides is 1. The van der Waals surface area contributed by atoms with Crippen LogP contribution in [0.25, 0.3) is 16.7 Å². The first-order chi connectivity index (χ1) is 16.7. The number of thioether (sulfide) groups is 1. The van der Waals surface area contributed by atoms with Gasteiger partial charge in [0.1, 0.15) is 11.0 Å². The van der Waals surface area contributed by atoms with Crippen LogP contribution in [0, 0.1) is 0 Å². The number of anilines is 1. The normalized spacial score (nSPS) is 16.3. The number of pyridine rings is 2. The van der Waals surface area contributed by atoms with E-state index in [0.717, 1.165) is 10.6 Å². The van der Waals surface area contributed by atoms with E-state index in [2.05, 4.69) is 21.5 Å². The molecule has 3 aromatic rings. The Morgan fingerprint density at radius 2 is 2.03 bits per heavy atom. The van der Waals surface area contributed by atoms with Crippen molar-refractivity contribution in [2.45, 2.75) is 37.6 Å². The van der Waals surface area contributed by atoms with Crippen molar-refractivity contribution in [2.75, 3.05) is 30.8 Å². The number of nitrogens with zero attached hydrogens (tertiary/aromatic N) is 6. The first kappa shape index (κ1) is 25.5. The summed E-state index contributed by atoms with van der Waals surface area (Å²) in [4.78, 5) is 44.0. The van der Waals surface area contributed by atoms with E-state index in [0.29, 0.717) is 42.2 Å². The molecule has 4 rings (SSSR count). The highest BCUT2D eigenvalue weighted by molar-refractivity contribution is 7.98. The van der Waals surface area contributed by atoms with Crippen LogP contribution in [0.15, 0.2) is 40.7 Å². The quantitative estimate of drug-likeness (QED) is 0.270. The summed E-state index contributed by atoms with van der Waals surface area (Å²) in [5, 5.41) is 0.959. The maximum absolute atomic E-state index is 13.7. The van der Waals surface area contributed by atoms with Gasteiger partial charge in [-0.15, -0.1) is 11.8 Å². The Morgan fingerprint density at radius 3 is 2.66 bits per heavy atom. The van der Waals surface area contributed by atoms with Gasteiger partial charge in [0.2, 0.25) is 5.91 Å². The van der Waals surface area contributed by atoms with Gasteiger partial charge in [0.05, 0.1) is 21.8 Å². The third-order valence-corrected chi connectivity index (χ3v) is 7.49. The molecule has 1 aliphatic rings. The van der Waals surface area contributed by atoms with E-state index in [-0.39, 0.29) is 28.0 Å². The van der Waals surface area contributed by atoms with Crippen LogP contribution in [0.2, 0.25) is 10.2 Å². The molecule has 0 bridgehead atoms. The number of hydrogen-bond donors (Lipinski definition) is 0. The van der Waals surface area contributed by atoms with Crippen LogP contribution in [0.5, 0.6) is 0 Å². The Labute approximate surface area is 218 Å². The van der Waals surface area contributed by atoms with E-state index < -0.39 is 5.69 Å². The van der Waals surface area contributed by atoms with Gasteiger partial charge in [-0.2, -0.15) is 4.98 Å². The number of rotatable bonds is 5. The first-order valence-corrected chi connectivity index (χ1v) is 13.2. The number of hydrogen-bond acceptors (Lipinski definition) is 7. The number of fused-ring (bicyclic) bond motifs is 1. The summed E-state index contributed by atoms with van der Waals surface area (Å²) in [6.07, 6.45) is 5.00. The van der Waals surface area contributed by atoms with Crippen molar-refractivity contribution in [3.8, 4) is 5.69 Å². The summed E-state index contributed by atoms with van der Waals surface area (Å²) in [5.41, 5.74) is 1.27. The van der Waals surface area contributed by atoms with Crippen LogP contribution in [-0.2, 0) is 4.79 Å². The van der Waals surface area contributed by atoms with Gasteiger partial charge in [-0.3, -0.25) is 9.78 Å². The Balaban J connectivity index is 1.98. The monoisotopic (exact) mass is 532 g/mol. The molecular weight excluding hydrogens is 507 g/mol. The molecule has 8 nitrogen and oxygen atoms in total. The highest BCUT2D eigenvalue weighted by Crippen LogP contribution is 2.35. The van der Waals surface area contributed by atoms with Crippen LogP contribution in [0.3, 0.4) is 0 Å². The Hall–Kier alpha value is -2.62. The van der Waals surface area contributed by atoms with Gasteiger partial charge in [0.25, 0.3) is 0 Å². The largest absolute Gasteiger partial charge is 0.355 e. The van der Waals surface area contributed by atoms with Crippen LogP contribution in [-0.4, -0.2) is 62.3 Å². The van der Waals surface area contributed by atoms with Crippen LogP contribution < -0.4 is 10.6 Å². The van der Waals surface area contributed by atoms with Crippen molar-refractivity contribution in [1.29, 1.82) is 0 Å². The zero-order chi connectivity index (χ0) is 25.4. The molecule has 35 heavy (non-hydrogen) atoms. The molecule has 1 unspecified atom stereocenters. The first-order valence-electron chi connectivity index (χ1n) is 11.2. The van der Waals surface area contributed by atoms with E-state index in [1.807, 2.05) is 38.0 Å². The number of carbonyl (C=O) groups is 1. The molecule has 0 saturated carbocycles. The average Bonchev–Trinajstić information content (AvgIpc) is 2.84. The van der Waals surface area contributed by atoms with Crippen molar-refractivity contribution in [2.24, 2.45) is 0 Å². The molecule has 0 aliphatic carbocycles. The highest BCUT2D eigenvalue weighted by Gasteiger charge is 2.30. The topological polar surface area (TPSA) is 84.2 Å². The lowest BCUT2D eigenvalue weighted by atomic mass is 10.1. The Bertz CT molecular complexity index is 1380. The van der Waals surface area contributed by atoms with E-state index >= 15 is 0 Å². The van der Waals surface area contributed by atoms with Crippen LogP contribution in [0.4, 0.5) is 5.82 Å². The molecule has 3 aromatic heterocycles. The fraction of sp³-hybridized carbons (Fsp3) is 0.375. The van der Waals surface area contributed by atoms with E-state index in [9.17, 15) is 9.59 Å². The third kappa shape index (κ3) is 4.64. The molecule has 1 fully saturated rings. The molecular formula is C24H26Cl2N6O2S. The van der Waals surface area contributed by atoms with Gasteiger partial charge in [-0.25, -0.2) is 14.3 Å². The summed E-state index contributed by atoms with van der Waals surface area (Å²) >= 11 is 14.2. The van der Waals surface area contributed by atoms with Crippen molar-refractivity contribution < 1.29 is 4.79 Å². The second-order valence-corrected chi connectivity index (χ2v) is 10.2. The lowest BCUT2D eigenvalue weighted by Crippen LogP contribution is -2.54. The highest BCUT2D eigenvalue weighted by atomic mass is 35.5. The minimum atomic E-state index is -0.486. The van der Waals surface area contributed by atoms with Crippen molar-refractivity contribution in [1.82, 2.24) is 24.4 Å². The lowest BCUT2D eigenvalue weighted by molar-refractivity contribution is -0.126. The Kier molecular flexibility index (Phi) is 7.40. The van der Waals surface area contributed by atoms with E-state index in [1.165, 1.54) is 22.4 Å². The van der Waals surface area contributed by atoms with Crippen molar-refractivity contribution >= 4 is 57.7 Å². The van der Waals surface area contributed by atoms with Gasteiger partial charge in [0, 0.05) is 36.8 Å². The SMILES string of the molecule is C=CC(=O)N1CCN(c2nc(=O)n(-c3c(SC)ccnc3C(C)C)c3nc(Cl)c(Cl)cc23)C(C)C1. The standard InChI is InChI=1S/C24H26Cl2N6O2S/c1-6-18(33)30-9-10-31(14(4)12-30)22-15-11-16(25)21(26)28-23(15)32(24(34)29-22)20-17(35-5)7-8-27-19(20)13(2)3/h6-8,11,13-14H,1,9-10,12H2,2-5H3. The fourth-order valence-electron chi connectivity index (χ4n) is 4.37. The average molecular weight is 533 g/mol. The molecule has 1 atom stereocenters. The molecule has 1 saturated heterocycles. The molecule has 11 heteroatoms. The number of carbonyl (C=O) groups excluding carboxylic acids is 1.